The van der Waals surface area contributed by atoms with Crippen molar-refractivity contribution in [2.45, 2.75) is 25.2 Å². The highest BCUT2D eigenvalue weighted by Gasteiger charge is 2.12. The molecule has 2 amide bonds. The number of nitrogens with zero attached hydrogens (tertiary/aromatic N) is 2. The number of rotatable bonds is 8. The Morgan fingerprint density at radius 1 is 1.13 bits per heavy atom. The number of amides is 2. The number of aliphatic hydroxyl groups excluding tert-OH is 1. The zero-order valence-corrected chi connectivity index (χ0v) is 17.8. The van der Waals surface area contributed by atoms with Crippen LogP contribution < -0.4 is 10.6 Å². The highest BCUT2D eigenvalue weighted by atomic mass is 35.5. The number of anilines is 2. The van der Waals surface area contributed by atoms with Crippen molar-refractivity contribution in [3.05, 3.63) is 71.0 Å². The predicted octanol–water partition coefficient (Wildman–Crippen LogP) is 3.77. The van der Waals surface area contributed by atoms with E-state index in [2.05, 4.69) is 15.6 Å². The van der Waals surface area contributed by atoms with Crippen molar-refractivity contribution in [3.8, 4) is 0 Å². The van der Waals surface area contributed by atoms with Crippen molar-refractivity contribution >= 4 is 46.6 Å². The SMILES string of the molecule is CC(=O)Nc1cccc(NC(=O)CSc2nc(CO)cn2Cc2ccc(Cl)cc2)c1. The van der Waals surface area contributed by atoms with Gasteiger partial charge in [0.2, 0.25) is 11.8 Å². The van der Waals surface area contributed by atoms with Gasteiger partial charge in [0.15, 0.2) is 5.16 Å². The van der Waals surface area contributed by atoms with Gasteiger partial charge in [0.1, 0.15) is 0 Å². The summed E-state index contributed by atoms with van der Waals surface area (Å²) in [5.74, 6) is -0.236. The Morgan fingerprint density at radius 3 is 2.50 bits per heavy atom. The summed E-state index contributed by atoms with van der Waals surface area (Å²) < 4.78 is 1.89. The summed E-state index contributed by atoms with van der Waals surface area (Å²) in [5.41, 5.74) is 2.77. The number of carbonyl (C=O) groups is 2. The second-order valence-corrected chi connectivity index (χ2v) is 7.91. The molecule has 2 aromatic carbocycles. The van der Waals surface area contributed by atoms with E-state index in [0.717, 1.165) is 5.56 Å². The lowest BCUT2D eigenvalue weighted by Crippen LogP contribution is -2.15. The van der Waals surface area contributed by atoms with Crippen molar-refractivity contribution in [2.24, 2.45) is 0 Å². The Kier molecular flexibility index (Phi) is 7.51. The minimum Gasteiger partial charge on any atom is -0.390 e. The van der Waals surface area contributed by atoms with Crippen LogP contribution in [0.5, 0.6) is 0 Å². The van der Waals surface area contributed by atoms with Gasteiger partial charge in [-0.15, -0.1) is 0 Å². The molecule has 0 bridgehead atoms. The van der Waals surface area contributed by atoms with Gasteiger partial charge in [-0.25, -0.2) is 4.98 Å². The molecule has 0 atom stereocenters. The normalized spacial score (nSPS) is 10.6. The minimum absolute atomic E-state index is 0.146. The number of hydrogen-bond donors (Lipinski definition) is 3. The Hall–Kier alpha value is -2.81. The third kappa shape index (κ3) is 6.35. The fraction of sp³-hybridized carbons (Fsp3) is 0.190. The van der Waals surface area contributed by atoms with E-state index in [-0.39, 0.29) is 24.2 Å². The maximum absolute atomic E-state index is 12.4. The number of nitrogens with one attached hydrogen (secondary N) is 2. The molecular weight excluding hydrogens is 424 g/mol. The number of hydrogen-bond acceptors (Lipinski definition) is 5. The van der Waals surface area contributed by atoms with Crippen molar-refractivity contribution < 1.29 is 14.7 Å². The lowest BCUT2D eigenvalue weighted by molar-refractivity contribution is -0.114. The molecule has 156 valence electrons. The molecule has 0 saturated heterocycles. The first-order chi connectivity index (χ1) is 14.4. The summed E-state index contributed by atoms with van der Waals surface area (Å²) in [6, 6.07) is 14.4. The number of aromatic nitrogens is 2. The van der Waals surface area contributed by atoms with Crippen LogP contribution in [0.15, 0.2) is 59.9 Å². The smallest absolute Gasteiger partial charge is 0.234 e. The van der Waals surface area contributed by atoms with Crippen molar-refractivity contribution in [1.29, 1.82) is 0 Å². The Balaban J connectivity index is 1.63. The maximum Gasteiger partial charge on any atom is 0.234 e. The largest absolute Gasteiger partial charge is 0.390 e. The van der Waals surface area contributed by atoms with E-state index in [1.54, 1.807) is 30.5 Å². The van der Waals surface area contributed by atoms with Gasteiger partial charge in [0.05, 0.1) is 18.1 Å². The quantitative estimate of drug-likeness (QED) is 0.459. The van der Waals surface area contributed by atoms with Crippen LogP contribution in [-0.4, -0.2) is 32.2 Å². The number of halogens is 1. The molecular formula is C21H21ClN4O3S. The topological polar surface area (TPSA) is 96.2 Å². The minimum atomic E-state index is -0.202. The van der Waals surface area contributed by atoms with Crippen LogP contribution >= 0.6 is 23.4 Å². The van der Waals surface area contributed by atoms with Gasteiger partial charge >= 0.3 is 0 Å². The zero-order valence-electron chi connectivity index (χ0n) is 16.3. The van der Waals surface area contributed by atoms with E-state index in [9.17, 15) is 14.7 Å². The predicted molar refractivity (Wildman–Crippen MR) is 119 cm³/mol. The van der Waals surface area contributed by atoms with E-state index < -0.39 is 0 Å². The lowest BCUT2D eigenvalue weighted by Gasteiger charge is -2.09. The van der Waals surface area contributed by atoms with Crippen LogP contribution in [0.4, 0.5) is 11.4 Å². The van der Waals surface area contributed by atoms with Crippen LogP contribution in [-0.2, 0) is 22.7 Å². The fourth-order valence-corrected chi connectivity index (χ4v) is 3.67. The summed E-state index contributed by atoms with van der Waals surface area (Å²) in [6.07, 6.45) is 1.77. The van der Waals surface area contributed by atoms with Gasteiger partial charge in [0, 0.05) is 36.1 Å². The van der Waals surface area contributed by atoms with Gasteiger partial charge in [-0.1, -0.05) is 41.6 Å². The molecule has 0 aliphatic rings. The highest BCUT2D eigenvalue weighted by molar-refractivity contribution is 7.99. The van der Waals surface area contributed by atoms with Gasteiger partial charge in [0.25, 0.3) is 0 Å². The molecule has 0 saturated carbocycles. The van der Waals surface area contributed by atoms with E-state index in [0.29, 0.717) is 33.8 Å². The molecule has 0 radical (unpaired) electrons. The Bertz CT molecular complexity index is 1040. The van der Waals surface area contributed by atoms with E-state index >= 15 is 0 Å². The monoisotopic (exact) mass is 444 g/mol. The van der Waals surface area contributed by atoms with Gasteiger partial charge in [-0.05, 0) is 35.9 Å². The fourth-order valence-electron chi connectivity index (χ4n) is 2.75. The number of imidazole rings is 1. The number of carbonyl (C=O) groups excluding carboxylic acids is 2. The molecule has 3 N–H and O–H groups in total. The molecule has 0 aliphatic heterocycles. The summed E-state index contributed by atoms with van der Waals surface area (Å²) in [7, 11) is 0. The lowest BCUT2D eigenvalue weighted by atomic mass is 10.2. The van der Waals surface area contributed by atoms with Crippen LogP contribution in [0.25, 0.3) is 0 Å². The molecule has 3 aromatic rings. The Morgan fingerprint density at radius 2 is 1.83 bits per heavy atom. The first-order valence-corrected chi connectivity index (χ1v) is 10.5. The molecule has 0 spiro atoms. The third-order valence-electron chi connectivity index (χ3n) is 4.02. The number of benzene rings is 2. The van der Waals surface area contributed by atoms with Crippen LogP contribution in [0.2, 0.25) is 5.02 Å². The summed E-state index contributed by atoms with van der Waals surface area (Å²) in [6.45, 7) is 1.80. The maximum atomic E-state index is 12.4. The molecule has 0 aliphatic carbocycles. The van der Waals surface area contributed by atoms with Gasteiger partial charge < -0.3 is 20.3 Å². The van der Waals surface area contributed by atoms with E-state index in [1.165, 1.54) is 18.7 Å². The van der Waals surface area contributed by atoms with Crippen molar-refractivity contribution in [3.63, 3.8) is 0 Å². The molecule has 1 heterocycles. The average molecular weight is 445 g/mol. The first kappa shape index (κ1) is 21.9. The summed E-state index contributed by atoms with van der Waals surface area (Å²) >= 11 is 7.22. The van der Waals surface area contributed by atoms with Crippen LogP contribution in [0.3, 0.4) is 0 Å². The first-order valence-electron chi connectivity index (χ1n) is 9.14. The molecule has 9 heteroatoms. The zero-order chi connectivity index (χ0) is 21.5. The van der Waals surface area contributed by atoms with Crippen LogP contribution in [0.1, 0.15) is 18.2 Å². The molecule has 3 rings (SSSR count). The summed E-state index contributed by atoms with van der Waals surface area (Å²) in [5, 5.41) is 16.2. The van der Waals surface area contributed by atoms with Crippen LogP contribution in [0, 0.1) is 0 Å². The standard InChI is InChI=1S/C21H21ClN4O3S/c1-14(28)23-17-3-2-4-18(9-17)24-20(29)13-30-21-25-19(12-27)11-26(21)10-15-5-7-16(22)8-6-15/h2-9,11,27H,10,12-13H2,1H3,(H,23,28)(H,24,29). The van der Waals surface area contributed by atoms with Gasteiger partial charge in [-0.2, -0.15) is 0 Å². The highest BCUT2D eigenvalue weighted by Crippen LogP contribution is 2.21. The molecule has 7 nitrogen and oxygen atoms in total. The third-order valence-corrected chi connectivity index (χ3v) is 5.26. The number of thioether (sulfide) groups is 1. The molecule has 0 unspecified atom stereocenters. The van der Waals surface area contributed by atoms with E-state index in [4.69, 9.17) is 11.6 Å². The second kappa shape index (κ2) is 10.3. The molecule has 0 fully saturated rings. The molecule has 30 heavy (non-hydrogen) atoms. The summed E-state index contributed by atoms with van der Waals surface area (Å²) in [4.78, 5) is 27.9. The number of aliphatic hydroxyl groups is 1. The van der Waals surface area contributed by atoms with Crippen molar-refractivity contribution in [2.75, 3.05) is 16.4 Å². The second-order valence-electron chi connectivity index (χ2n) is 6.53. The van der Waals surface area contributed by atoms with Gasteiger partial charge in [-0.3, -0.25) is 9.59 Å². The Labute approximate surface area is 183 Å². The molecule has 1 aromatic heterocycles. The van der Waals surface area contributed by atoms with Crippen molar-refractivity contribution in [1.82, 2.24) is 9.55 Å². The average Bonchev–Trinajstić information content (AvgIpc) is 3.10. The van der Waals surface area contributed by atoms with E-state index in [1.807, 2.05) is 28.8 Å².